The number of nitrogens with one attached hydrogen (secondary N) is 1. The highest BCUT2D eigenvalue weighted by atomic mass is 79.9. The van der Waals surface area contributed by atoms with Crippen molar-refractivity contribution in [2.24, 2.45) is 0 Å². The van der Waals surface area contributed by atoms with Crippen LogP contribution in [-0.2, 0) is 9.59 Å². The second-order valence-electron chi connectivity index (χ2n) is 3.39. The Bertz CT molecular complexity index is 458. The van der Waals surface area contributed by atoms with Crippen LogP contribution >= 0.6 is 27.3 Å². The lowest BCUT2D eigenvalue weighted by molar-refractivity contribution is -0.141. The number of aliphatic carboxylic acids is 1. The molecular formula is C11H12BrNO4S. The van der Waals surface area contributed by atoms with Crippen LogP contribution in [0, 0.1) is 0 Å². The first kappa shape index (κ1) is 14.9. The lowest BCUT2D eigenvalue weighted by atomic mass is 10.2. The van der Waals surface area contributed by atoms with Gasteiger partial charge in [-0.2, -0.15) is 0 Å². The van der Waals surface area contributed by atoms with Crippen LogP contribution in [0.5, 0.6) is 0 Å². The summed E-state index contributed by atoms with van der Waals surface area (Å²) in [6.07, 6.45) is 2.85. The molecule has 0 unspecified atom stereocenters. The van der Waals surface area contributed by atoms with E-state index in [4.69, 9.17) is 10.2 Å². The van der Waals surface area contributed by atoms with E-state index in [1.54, 1.807) is 6.08 Å². The van der Waals surface area contributed by atoms with Crippen LogP contribution in [0.3, 0.4) is 0 Å². The van der Waals surface area contributed by atoms with Crippen LogP contribution in [0.15, 0.2) is 22.0 Å². The molecule has 1 heterocycles. The molecule has 0 aliphatic carbocycles. The lowest BCUT2D eigenvalue weighted by Crippen LogP contribution is -2.40. The molecule has 98 valence electrons. The molecule has 0 aromatic carbocycles. The van der Waals surface area contributed by atoms with E-state index in [0.29, 0.717) is 0 Å². The van der Waals surface area contributed by atoms with Crippen LogP contribution in [0.2, 0.25) is 0 Å². The SMILES string of the molecule is O=C(/C=C/c1ccc(Br)s1)N[C@H](CCO)C(=O)O. The predicted molar refractivity (Wildman–Crippen MR) is 72.3 cm³/mol. The van der Waals surface area contributed by atoms with E-state index in [-0.39, 0.29) is 13.0 Å². The number of carboxylic acid groups (broad SMARTS) is 1. The van der Waals surface area contributed by atoms with Crippen molar-refractivity contribution in [3.05, 3.63) is 26.9 Å². The van der Waals surface area contributed by atoms with E-state index in [0.717, 1.165) is 8.66 Å². The zero-order chi connectivity index (χ0) is 13.5. The summed E-state index contributed by atoms with van der Waals surface area (Å²) in [6, 6.07) is 2.62. The van der Waals surface area contributed by atoms with E-state index < -0.39 is 17.9 Å². The molecule has 1 aromatic heterocycles. The van der Waals surface area contributed by atoms with Crippen molar-refractivity contribution >= 4 is 45.2 Å². The van der Waals surface area contributed by atoms with E-state index in [2.05, 4.69) is 21.2 Å². The van der Waals surface area contributed by atoms with E-state index in [9.17, 15) is 9.59 Å². The molecule has 0 aliphatic heterocycles. The smallest absolute Gasteiger partial charge is 0.326 e. The fourth-order valence-electron chi connectivity index (χ4n) is 1.18. The van der Waals surface area contributed by atoms with Crippen molar-refractivity contribution in [3.8, 4) is 0 Å². The molecule has 0 aliphatic rings. The first-order valence-corrected chi connectivity index (χ1v) is 6.71. The normalized spacial score (nSPS) is 12.6. The summed E-state index contributed by atoms with van der Waals surface area (Å²) >= 11 is 4.76. The van der Waals surface area contributed by atoms with Gasteiger partial charge in [-0.25, -0.2) is 4.79 Å². The average Bonchev–Trinajstić information content (AvgIpc) is 2.72. The number of amides is 1. The Kier molecular flexibility index (Phi) is 6.03. The van der Waals surface area contributed by atoms with E-state index >= 15 is 0 Å². The third-order valence-corrected chi connectivity index (χ3v) is 3.61. The summed E-state index contributed by atoms with van der Waals surface area (Å²) in [7, 11) is 0. The fourth-order valence-corrected chi connectivity index (χ4v) is 2.51. The maximum atomic E-state index is 11.5. The topological polar surface area (TPSA) is 86.6 Å². The second-order valence-corrected chi connectivity index (χ2v) is 5.88. The zero-order valence-electron chi connectivity index (χ0n) is 9.30. The first-order valence-electron chi connectivity index (χ1n) is 5.10. The summed E-state index contributed by atoms with van der Waals surface area (Å²) < 4.78 is 0.950. The van der Waals surface area contributed by atoms with Crippen molar-refractivity contribution in [1.82, 2.24) is 5.32 Å². The summed E-state index contributed by atoms with van der Waals surface area (Å²) in [4.78, 5) is 23.1. The van der Waals surface area contributed by atoms with E-state index in [1.165, 1.54) is 17.4 Å². The molecule has 0 radical (unpaired) electrons. The minimum absolute atomic E-state index is 0.0144. The van der Waals surface area contributed by atoms with Gasteiger partial charge in [0.15, 0.2) is 0 Å². The quantitative estimate of drug-likeness (QED) is 0.688. The molecular weight excluding hydrogens is 322 g/mol. The number of hydrogen-bond acceptors (Lipinski definition) is 4. The standard InChI is InChI=1S/C11H12BrNO4S/c12-9-3-1-7(18-9)2-4-10(15)13-8(5-6-14)11(16)17/h1-4,8,14H,5-6H2,(H,13,15)(H,16,17)/b4-2+/t8-/m1/s1. The van der Waals surface area contributed by atoms with Gasteiger partial charge in [-0.05, 0) is 34.1 Å². The first-order chi connectivity index (χ1) is 8.52. The van der Waals surface area contributed by atoms with Gasteiger partial charge in [-0.15, -0.1) is 11.3 Å². The van der Waals surface area contributed by atoms with Crippen LogP contribution in [0.25, 0.3) is 6.08 Å². The number of rotatable bonds is 6. The van der Waals surface area contributed by atoms with Gasteiger partial charge in [-0.3, -0.25) is 4.79 Å². The molecule has 1 aromatic rings. The third kappa shape index (κ3) is 4.99. The van der Waals surface area contributed by atoms with Gasteiger partial charge in [-0.1, -0.05) is 0 Å². The van der Waals surface area contributed by atoms with Crippen LogP contribution in [-0.4, -0.2) is 34.7 Å². The number of hydrogen-bond donors (Lipinski definition) is 3. The summed E-state index contributed by atoms with van der Waals surface area (Å²) in [5.74, 6) is -1.66. The van der Waals surface area contributed by atoms with Gasteiger partial charge in [0.1, 0.15) is 6.04 Å². The zero-order valence-corrected chi connectivity index (χ0v) is 11.7. The Balaban J connectivity index is 2.54. The molecule has 3 N–H and O–H groups in total. The summed E-state index contributed by atoms with van der Waals surface area (Å²) in [5, 5.41) is 19.8. The summed E-state index contributed by atoms with van der Waals surface area (Å²) in [5.41, 5.74) is 0. The van der Waals surface area contributed by atoms with Crippen molar-refractivity contribution in [2.45, 2.75) is 12.5 Å². The van der Waals surface area contributed by atoms with Crippen molar-refractivity contribution in [1.29, 1.82) is 0 Å². The fraction of sp³-hybridized carbons (Fsp3) is 0.273. The number of carbonyl (C=O) groups excluding carboxylic acids is 1. The molecule has 1 rings (SSSR count). The highest BCUT2D eigenvalue weighted by Gasteiger charge is 2.17. The Morgan fingerprint density at radius 1 is 1.50 bits per heavy atom. The molecule has 7 heteroatoms. The highest BCUT2D eigenvalue weighted by molar-refractivity contribution is 9.11. The van der Waals surface area contributed by atoms with Gasteiger partial charge in [0.2, 0.25) is 5.91 Å². The Hall–Kier alpha value is -1.18. The molecule has 5 nitrogen and oxygen atoms in total. The van der Waals surface area contributed by atoms with Gasteiger partial charge >= 0.3 is 5.97 Å². The lowest BCUT2D eigenvalue weighted by Gasteiger charge is -2.10. The minimum atomic E-state index is -1.16. The monoisotopic (exact) mass is 333 g/mol. The molecule has 1 amide bonds. The third-order valence-electron chi connectivity index (χ3n) is 2.03. The molecule has 0 saturated heterocycles. The maximum Gasteiger partial charge on any atom is 0.326 e. The molecule has 0 bridgehead atoms. The average molecular weight is 334 g/mol. The Morgan fingerprint density at radius 3 is 2.72 bits per heavy atom. The number of aliphatic hydroxyl groups is 1. The van der Waals surface area contributed by atoms with Crippen molar-refractivity contribution in [2.75, 3.05) is 6.61 Å². The number of thiophene rings is 1. The molecule has 0 spiro atoms. The number of halogens is 1. The Morgan fingerprint density at radius 2 is 2.22 bits per heavy atom. The van der Waals surface area contributed by atoms with E-state index in [1.807, 2.05) is 12.1 Å². The largest absolute Gasteiger partial charge is 0.480 e. The van der Waals surface area contributed by atoms with Crippen LogP contribution < -0.4 is 5.32 Å². The Labute approximate surface area is 116 Å². The predicted octanol–water partition coefficient (Wildman–Crippen LogP) is 1.48. The van der Waals surface area contributed by atoms with Crippen molar-refractivity contribution < 1.29 is 19.8 Å². The van der Waals surface area contributed by atoms with Crippen LogP contribution in [0.1, 0.15) is 11.3 Å². The number of aliphatic hydroxyl groups excluding tert-OH is 1. The molecule has 0 saturated carbocycles. The maximum absolute atomic E-state index is 11.5. The van der Waals surface area contributed by atoms with Gasteiger partial charge in [0.05, 0.1) is 3.79 Å². The second kappa shape index (κ2) is 7.30. The van der Waals surface area contributed by atoms with Gasteiger partial charge in [0, 0.05) is 24.0 Å². The van der Waals surface area contributed by atoms with Crippen molar-refractivity contribution in [3.63, 3.8) is 0 Å². The van der Waals surface area contributed by atoms with Gasteiger partial charge in [0.25, 0.3) is 0 Å². The van der Waals surface area contributed by atoms with Crippen LogP contribution in [0.4, 0.5) is 0 Å². The number of carboxylic acids is 1. The van der Waals surface area contributed by atoms with Gasteiger partial charge < -0.3 is 15.5 Å². The minimum Gasteiger partial charge on any atom is -0.480 e. The molecule has 1 atom stereocenters. The number of carbonyl (C=O) groups is 2. The molecule has 0 fully saturated rings. The molecule has 18 heavy (non-hydrogen) atoms. The highest BCUT2D eigenvalue weighted by Crippen LogP contribution is 2.22. The summed E-state index contributed by atoms with van der Waals surface area (Å²) in [6.45, 7) is -0.293.